The first-order valence-electron chi connectivity index (χ1n) is 11.3. The van der Waals surface area contributed by atoms with Crippen LogP contribution in [0, 0.1) is 12.7 Å². The number of urea groups is 1. The molecule has 2 aromatic carbocycles. The van der Waals surface area contributed by atoms with E-state index in [4.69, 9.17) is 0 Å². The van der Waals surface area contributed by atoms with Crippen molar-refractivity contribution in [1.29, 1.82) is 0 Å². The summed E-state index contributed by atoms with van der Waals surface area (Å²) in [5.41, 5.74) is -1.74. The summed E-state index contributed by atoms with van der Waals surface area (Å²) in [4.78, 5) is 16.6. The van der Waals surface area contributed by atoms with Crippen LogP contribution >= 0.6 is 12.4 Å². The van der Waals surface area contributed by atoms with Gasteiger partial charge in [0.05, 0.1) is 23.2 Å². The lowest BCUT2D eigenvalue weighted by atomic mass is 9.94. The Hall–Kier alpha value is -2.79. The van der Waals surface area contributed by atoms with E-state index in [9.17, 15) is 35.5 Å². The van der Waals surface area contributed by atoms with Gasteiger partial charge in [-0.05, 0) is 60.4 Å². The molecular weight excluding hydrogens is 527 g/mol. The van der Waals surface area contributed by atoms with Gasteiger partial charge in [-0.3, -0.25) is 0 Å². The topological polar surface area (TPSA) is 35.6 Å². The molecule has 2 aromatic rings. The second-order valence-electron chi connectivity index (χ2n) is 8.91. The number of hydrogen-bond donors (Lipinski definition) is 1. The van der Waals surface area contributed by atoms with Gasteiger partial charge in [0, 0.05) is 26.2 Å². The van der Waals surface area contributed by atoms with Gasteiger partial charge in [-0.25, -0.2) is 9.18 Å². The third-order valence-electron chi connectivity index (χ3n) is 6.52. The highest BCUT2D eigenvalue weighted by atomic mass is 35.5. The summed E-state index contributed by atoms with van der Waals surface area (Å²) >= 11 is 0. The average Bonchev–Trinajstić information content (AvgIpc) is 2.82. The van der Waals surface area contributed by atoms with Crippen molar-refractivity contribution in [1.82, 2.24) is 15.1 Å². The van der Waals surface area contributed by atoms with Crippen molar-refractivity contribution in [2.75, 3.05) is 26.2 Å². The number of nitrogens with one attached hydrogen (secondary N) is 1. The van der Waals surface area contributed by atoms with Crippen molar-refractivity contribution < 1.29 is 35.5 Å². The van der Waals surface area contributed by atoms with Crippen molar-refractivity contribution in [3.05, 3.63) is 82.2 Å². The third kappa shape index (κ3) is 6.20. The van der Waals surface area contributed by atoms with Gasteiger partial charge >= 0.3 is 18.4 Å². The summed E-state index contributed by atoms with van der Waals surface area (Å²) in [5, 5.41) is 3.18. The van der Waals surface area contributed by atoms with Crippen molar-refractivity contribution in [3.63, 3.8) is 0 Å². The summed E-state index contributed by atoms with van der Waals surface area (Å²) in [6.45, 7) is 2.83. The summed E-state index contributed by atoms with van der Waals surface area (Å²) < 4.78 is 94.4. The van der Waals surface area contributed by atoms with E-state index in [-0.39, 0.29) is 43.5 Å². The van der Waals surface area contributed by atoms with Crippen molar-refractivity contribution in [2.24, 2.45) is 0 Å². The number of carbonyl (C=O) groups is 1. The Morgan fingerprint density at radius 3 is 2.16 bits per heavy atom. The Bertz CT molecular complexity index is 1130. The maximum absolute atomic E-state index is 13.7. The fourth-order valence-electron chi connectivity index (χ4n) is 4.76. The molecule has 0 radical (unpaired) electrons. The van der Waals surface area contributed by atoms with E-state index in [1.165, 1.54) is 17.0 Å². The van der Waals surface area contributed by atoms with Gasteiger partial charge < -0.3 is 15.1 Å². The van der Waals surface area contributed by atoms with Crippen LogP contribution in [0.5, 0.6) is 0 Å². The Morgan fingerprint density at radius 1 is 0.919 bits per heavy atom. The number of nitrogens with zero attached hydrogens (tertiary/aromatic N) is 2. The Balaban J connectivity index is 0.00000380. The van der Waals surface area contributed by atoms with Gasteiger partial charge in [0.15, 0.2) is 0 Å². The lowest BCUT2D eigenvalue weighted by Crippen LogP contribution is -2.54. The molecule has 2 heterocycles. The van der Waals surface area contributed by atoms with Gasteiger partial charge in [-0.1, -0.05) is 18.2 Å². The Morgan fingerprint density at radius 2 is 1.57 bits per heavy atom. The molecule has 1 saturated heterocycles. The Labute approximate surface area is 215 Å². The smallest absolute Gasteiger partial charge is 0.315 e. The predicted octanol–water partition coefficient (Wildman–Crippen LogP) is 6.66. The fraction of sp³-hybridized carbons (Fsp3) is 0.400. The van der Waals surface area contributed by atoms with Crippen LogP contribution in [0.15, 0.2) is 48.6 Å². The standard InChI is InChI=1S/C25H24F7N3O.ClH/c1-15-10-19(26)5-6-20(15)22-14-33-7-9-35(22)23(36)34-8-3-2-4-21(34)16-11-17(24(27,28)29)13-18(12-16)25(30,31)32;/h2-3,5-6,10-13,21-22,33H,4,7-9,14H2,1H3;1H. The van der Waals surface area contributed by atoms with E-state index in [1.54, 1.807) is 30.0 Å². The highest BCUT2D eigenvalue weighted by Gasteiger charge is 2.40. The van der Waals surface area contributed by atoms with Gasteiger partial charge in [0.1, 0.15) is 5.82 Å². The molecule has 0 aliphatic carbocycles. The number of hydrogen-bond acceptors (Lipinski definition) is 2. The molecule has 202 valence electrons. The molecule has 2 aliphatic heterocycles. The van der Waals surface area contributed by atoms with Crippen molar-refractivity contribution in [3.8, 4) is 0 Å². The van der Waals surface area contributed by atoms with Crippen LogP contribution in [0.3, 0.4) is 0 Å². The van der Waals surface area contributed by atoms with Gasteiger partial charge in [-0.2, -0.15) is 26.3 Å². The Kier molecular flexibility index (Phi) is 8.48. The average molecular weight is 552 g/mol. The maximum atomic E-state index is 13.7. The van der Waals surface area contributed by atoms with Gasteiger partial charge in [0.2, 0.25) is 0 Å². The zero-order chi connectivity index (χ0) is 26.3. The molecule has 12 heteroatoms. The molecule has 2 aliphatic rings. The van der Waals surface area contributed by atoms with Crippen LogP contribution in [0.2, 0.25) is 0 Å². The van der Waals surface area contributed by atoms with E-state index < -0.39 is 47.4 Å². The number of alkyl halides is 6. The monoisotopic (exact) mass is 551 g/mol. The lowest BCUT2D eigenvalue weighted by Gasteiger charge is -2.43. The zero-order valence-corrected chi connectivity index (χ0v) is 20.5. The first kappa shape index (κ1) is 28.8. The molecule has 0 saturated carbocycles. The predicted molar refractivity (Wildman–Crippen MR) is 126 cm³/mol. The second kappa shape index (κ2) is 10.9. The summed E-state index contributed by atoms with van der Waals surface area (Å²) in [5.74, 6) is -0.427. The van der Waals surface area contributed by atoms with E-state index in [0.717, 1.165) is 0 Å². The van der Waals surface area contributed by atoms with Crippen molar-refractivity contribution in [2.45, 2.75) is 37.8 Å². The lowest BCUT2D eigenvalue weighted by molar-refractivity contribution is -0.143. The minimum Gasteiger partial charge on any atom is -0.315 e. The number of benzene rings is 2. The molecule has 2 unspecified atom stereocenters. The number of piperazine rings is 1. The molecule has 0 spiro atoms. The molecule has 2 atom stereocenters. The van der Waals surface area contributed by atoms with Gasteiger partial charge in [-0.15, -0.1) is 12.4 Å². The minimum absolute atomic E-state index is 0. The van der Waals surface area contributed by atoms with Crippen LogP contribution in [0.1, 0.15) is 46.3 Å². The quantitative estimate of drug-likeness (QED) is 0.334. The summed E-state index contributed by atoms with van der Waals surface area (Å²) in [6.07, 6.45) is -6.61. The maximum Gasteiger partial charge on any atom is 0.416 e. The molecule has 2 amide bonds. The fourth-order valence-corrected chi connectivity index (χ4v) is 4.76. The van der Waals surface area contributed by atoms with E-state index in [2.05, 4.69) is 5.32 Å². The van der Waals surface area contributed by atoms with Crippen LogP contribution in [0.25, 0.3) is 0 Å². The number of rotatable bonds is 2. The van der Waals surface area contributed by atoms with E-state index in [1.807, 2.05) is 0 Å². The summed E-state index contributed by atoms with van der Waals surface area (Å²) in [6, 6.07) is 3.65. The molecule has 4 nitrogen and oxygen atoms in total. The molecule has 1 fully saturated rings. The molecule has 37 heavy (non-hydrogen) atoms. The van der Waals surface area contributed by atoms with Crippen LogP contribution in [-0.2, 0) is 12.4 Å². The van der Waals surface area contributed by atoms with Gasteiger partial charge in [0.25, 0.3) is 0 Å². The highest BCUT2D eigenvalue weighted by Crippen LogP contribution is 2.40. The largest absolute Gasteiger partial charge is 0.416 e. The number of carbonyl (C=O) groups excluding carboxylic acids is 1. The number of aryl methyl sites for hydroxylation is 1. The SMILES string of the molecule is Cc1cc(F)ccc1C1CNCCN1C(=O)N1CC=CCC1c1cc(C(F)(F)F)cc(C(F)(F)F)c1.Cl. The third-order valence-corrected chi connectivity index (χ3v) is 6.52. The molecular formula is C25H25ClF7N3O. The zero-order valence-electron chi connectivity index (χ0n) is 19.7. The highest BCUT2D eigenvalue weighted by molar-refractivity contribution is 5.85. The molecule has 0 aromatic heterocycles. The van der Waals surface area contributed by atoms with Crippen LogP contribution in [0.4, 0.5) is 35.5 Å². The number of halogens is 8. The van der Waals surface area contributed by atoms with E-state index >= 15 is 0 Å². The minimum atomic E-state index is -4.99. The molecule has 0 bridgehead atoms. The first-order chi connectivity index (χ1) is 16.9. The number of amides is 2. The molecule has 4 rings (SSSR count). The normalized spacial score (nSPS) is 20.5. The first-order valence-corrected chi connectivity index (χ1v) is 11.3. The van der Waals surface area contributed by atoms with Crippen molar-refractivity contribution >= 4 is 18.4 Å². The van der Waals surface area contributed by atoms with Crippen LogP contribution in [-0.4, -0.2) is 42.0 Å². The second-order valence-corrected chi connectivity index (χ2v) is 8.91. The summed E-state index contributed by atoms with van der Waals surface area (Å²) in [7, 11) is 0. The van der Waals surface area contributed by atoms with E-state index in [0.29, 0.717) is 36.3 Å². The van der Waals surface area contributed by atoms with Crippen LogP contribution < -0.4 is 5.32 Å². The molecule has 1 N–H and O–H groups in total.